The van der Waals surface area contributed by atoms with Crippen LogP contribution in [0.3, 0.4) is 0 Å². The number of benzene rings is 1. The van der Waals surface area contributed by atoms with Crippen molar-refractivity contribution >= 4 is 17.5 Å². The lowest BCUT2D eigenvalue weighted by atomic mass is 9.85. The Kier molecular flexibility index (Phi) is 6.12. The maximum Gasteiger partial charge on any atom is 0.273 e. The fourth-order valence-electron chi connectivity index (χ4n) is 4.35. The third-order valence-corrected chi connectivity index (χ3v) is 6.07. The SMILES string of the molecule is O=C(NC1CCC(C(=O)NCC2CCN(c3ccccc3)C2)CC1)c1cocn1. The summed E-state index contributed by atoms with van der Waals surface area (Å²) in [6.45, 7) is 2.77. The number of hydrogen-bond acceptors (Lipinski definition) is 5. The number of amides is 2. The van der Waals surface area contributed by atoms with E-state index >= 15 is 0 Å². The number of hydrogen-bond donors (Lipinski definition) is 2. The third kappa shape index (κ3) is 4.96. The second-order valence-corrected chi connectivity index (χ2v) is 8.08. The van der Waals surface area contributed by atoms with E-state index in [0.29, 0.717) is 11.6 Å². The van der Waals surface area contributed by atoms with E-state index in [9.17, 15) is 9.59 Å². The first-order chi connectivity index (χ1) is 14.2. The summed E-state index contributed by atoms with van der Waals surface area (Å²) in [5, 5.41) is 6.15. The van der Waals surface area contributed by atoms with Gasteiger partial charge in [-0.1, -0.05) is 18.2 Å². The molecule has 2 N–H and O–H groups in total. The van der Waals surface area contributed by atoms with Crippen molar-refractivity contribution in [2.24, 2.45) is 11.8 Å². The highest BCUT2D eigenvalue weighted by Crippen LogP contribution is 2.26. The number of nitrogens with zero attached hydrogens (tertiary/aromatic N) is 2. The molecule has 2 aliphatic rings. The van der Waals surface area contributed by atoms with Crippen LogP contribution in [0.4, 0.5) is 5.69 Å². The molecule has 1 saturated carbocycles. The smallest absolute Gasteiger partial charge is 0.273 e. The van der Waals surface area contributed by atoms with Gasteiger partial charge in [-0.05, 0) is 50.2 Å². The van der Waals surface area contributed by atoms with Gasteiger partial charge in [0.1, 0.15) is 6.26 Å². The van der Waals surface area contributed by atoms with Gasteiger partial charge in [-0.15, -0.1) is 0 Å². The first-order valence-corrected chi connectivity index (χ1v) is 10.5. The monoisotopic (exact) mass is 396 g/mol. The van der Waals surface area contributed by atoms with Gasteiger partial charge in [-0.3, -0.25) is 9.59 Å². The zero-order valence-electron chi connectivity index (χ0n) is 16.5. The first-order valence-electron chi connectivity index (χ1n) is 10.5. The van der Waals surface area contributed by atoms with Crippen LogP contribution in [0.5, 0.6) is 0 Å². The normalized spacial score (nSPS) is 24.3. The summed E-state index contributed by atoms with van der Waals surface area (Å²) in [5.41, 5.74) is 1.55. The van der Waals surface area contributed by atoms with Crippen LogP contribution in [0.15, 0.2) is 47.4 Å². The Balaban J connectivity index is 1.16. The maximum atomic E-state index is 12.6. The molecule has 1 aromatic carbocycles. The topological polar surface area (TPSA) is 87.5 Å². The molecule has 1 saturated heterocycles. The molecule has 2 aromatic rings. The Morgan fingerprint density at radius 3 is 2.62 bits per heavy atom. The van der Waals surface area contributed by atoms with Crippen molar-refractivity contribution in [2.45, 2.75) is 38.1 Å². The molecular formula is C22H28N4O3. The van der Waals surface area contributed by atoms with Crippen molar-refractivity contribution in [2.75, 3.05) is 24.5 Å². The largest absolute Gasteiger partial charge is 0.451 e. The molecule has 0 bridgehead atoms. The Morgan fingerprint density at radius 2 is 1.90 bits per heavy atom. The van der Waals surface area contributed by atoms with Gasteiger partial charge < -0.3 is 20.0 Å². The quantitative estimate of drug-likeness (QED) is 0.784. The number of carbonyl (C=O) groups is 2. The lowest BCUT2D eigenvalue weighted by molar-refractivity contribution is -0.126. The van der Waals surface area contributed by atoms with Crippen molar-refractivity contribution in [1.29, 1.82) is 0 Å². The summed E-state index contributed by atoms with van der Waals surface area (Å²) in [5.74, 6) is 0.486. The van der Waals surface area contributed by atoms with Crippen LogP contribution < -0.4 is 15.5 Å². The molecule has 0 spiro atoms. The van der Waals surface area contributed by atoms with Crippen LogP contribution in [0, 0.1) is 11.8 Å². The van der Waals surface area contributed by atoms with E-state index in [4.69, 9.17) is 4.42 Å². The Bertz CT molecular complexity index is 801. The average molecular weight is 396 g/mol. The van der Waals surface area contributed by atoms with Crippen LogP contribution in [0.25, 0.3) is 0 Å². The van der Waals surface area contributed by atoms with E-state index in [0.717, 1.165) is 51.7 Å². The fourth-order valence-corrected chi connectivity index (χ4v) is 4.35. The molecule has 7 nitrogen and oxygen atoms in total. The predicted octanol–water partition coefficient (Wildman–Crippen LogP) is 2.61. The number of rotatable bonds is 6. The summed E-state index contributed by atoms with van der Waals surface area (Å²) in [6.07, 6.45) is 6.93. The molecule has 1 aromatic heterocycles. The number of nitrogens with one attached hydrogen (secondary N) is 2. The maximum absolute atomic E-state index is 12.6. The van der Waals surface area contributed by atoms with Crippen LogP contribution in [-0.2, 0) is 4.79 Å². The number of anilines is 1. The van der Waals surface area contributed by atoms with Crippen molar-refractivity contribution < 1.29 is 14.0 Å². The molecule has 0 radical (unpaired) electrons. The second kappa shape index (κ2) is 9.11. The highest BCUT2D eigenvalue weighted by molar-refractivity contribution is 5.92. The van der Waals surface area contributed by atoms with E-state index in [-0.39, 0.29) is 23.8 Å². The first kappa shape index (κ1) is 19.5. The molecule has 7 heteroatoms. The Morgan fingerprint density at radius 1 is 1.10 bits per heavy atom. The number of para-hydroxylation sites is 1. The van der Waals surface area contributed by atoms with Gasteiger partial charge in [0.25, 0.3) is 5.91 Å². The minimum absolute atomic E-state index is 0.0434. The lowest BCUT2D eigenvalue weighted by Crippen LogP contribution is -2.42. The minimum Gasteiger partial charge on any atom is -0.451 e. The van der Waals surface area contributed by atoms with Gasteiger partial charge in [0.2, 0.25) is 5.91 Å². The molecule has 2 fully saturated rings. The molecule has 1 aliphatic carbocycles. The molecule has 1 atom stereocenters. The van der Waals surface area contributed by atoms with Crippen molar-refractivity contribution in [3.8, 4) is 0 Å². The van der Waals surface area contributed by atoms with Gasteiger partial charge in [0.15, 0.2) is 12.1 Å². The molecule has 1 unspecified atom stereocenters. The van der Waals surface area contributed by atoms with Crippen LogP contribution in [0.1, 0.15) is 42.6 Å². The summed E-state index contributed by atoms with van der Waals surface area (Å²) < 4.78 is 4.85. The minimum atomic E-state index is -0.212. The average Bonchev–Trinajstić information content (AvgIpc) is 3.45. The summed E-state index contributed by atoms with van der Waals surface area (Å²) >= 11 is 0. The van der Waals surface area contributed by atoms with E-state index in [1.165, 1.54) is 18.3 Å². The molecule has 2 heterocycles. The van der Waals surface area contributed by atoms with Crippen LogP contribution in [-0.4, -0.2) is 42.5 Å². The van der Waals surface area contributed by atoms with Crippen molar-refractivity contribution in [3.63, 3.8) is 0 Å². The number of aromatic nitrogens is 1. The summed E-state index contributed by atoms with van der Waals surface area (Å²) in [6, 6.07) is 10.5. The van der Waals surface area contributed by atoms with Gasteiger partial charge in [-0.25, -0.2) is 4.98 Å². The Labute approximate surface area is 170 Å². The van der Waals surface area contributed by atoms with Crippen molar-refractivity contribution in [1.82, 2.24) is 15.6 Å². The van der Waals surface area contributed by atoms with Gasteiger partial charge in [0.05, 0.1) is 0 Å². The molecule has 4 rings (SSSR count). The molecule has 29 heavy (non-hydrogen) atoms. The van der Waals surface area contributed by atoms with E-state index < -0.39 is 0 Å². The highest BCUT2D eigenvalue weighted by Gasteiger charge is 2.29. The number of carbonyl (C=O) groups excluding carboxylic acids is 2. The van der Waals surface area contributed by atoms with Gasteiger partial charge >= 0.3 is 0 Å². The van der Waals surface area contributed by atoms with Crippen LogP contribution in [0.2, 0.25) is 0 Å². The molecular weight excluding hydrogens is 368 g/mol. The van der Waals surface area contributed by atoms with E-state index in [1.807, 2.05) is 6.07 Å². The van der Waals surface area contributed by atoms with Crippen molar-refractivity contribution in [3.05, 3.63) is 48.7 Å². The van der Waals surface area contributed by atoms with E-state index in [2.05, 4.69) is 44.8 Å². The lowest BCUT2D eigenvalue weighted by Gasteiger charge is -2.28. The summed E-state index contributed by atoms with van der Waals surface area (Å²) in [4.78, 5) is 30.9. The predicted molar refractivity (Wildman–Crippen MR) is 109 cm³/mol. The number of oxazole rings is 1. The zero-order valence-corrected chi connectivity index (χ0v) is 16.5. The van der Waals surface area contributed by atoms with E-state index in [1.54, 1.807) is 0 Å². The van der Waals surface area contributed by atoms with Gasteiger partial charge in [0, 0.05) is 37.3 Å². The van der Waals surface area contributed by atoms with Crippen LogP contribution >= 0.6 is 0 Å². The second-order valence-electron chi connectivity index (χ2n) is 8.08. The molecule has 1 aliphatic heterocycles. The third-order valence-electron chi connectivity index (χ3n) is 6.07. The Hall–Kier alpha value is -2.83. The highest BCUT2D eigenvalue weighted by atomic mass is 16.3. The van der Waals surface area contributed by atoms with Gasteiger partial charge in [-0.2, -0.15) is 0 Å². The zero-order chi connectivity index (χ0) is 20.1. The molecule has 2 amide bonds. The standard InChI is InChI=1S/C22H28N4O3/c27-21(23-12-16-10-11-26(13-16)19-4-2-1-3-5-19)17-6-8-18(9-7-17)25-22(28)20-14-29-15-24-20/h1-5,14-18H,6-13H2,(H,23,27)(H,25,28). The summed E-state index contributed by atoms with van der Waals surface area (Å²) in [7, 11) is 0. The fraction of sp³-hybridized carbons (Fsp3) is 0.500. The molecule has 154 valence electrons.